The third-order valence-electron chi connectivity index (χ3n) is 4.16. The van der Waals surface area contributed by atoms with Crippen LogP contribution in [0, 0.1) is 5.82 Å². The highest BCUT2D eigenvalue weighted by Crippen LogP contribution is 2.25. The molecule has 11 heteroatoms. The van der Waals surface area contributed by atoms with Crippen molar-refractivity contribution in [1.29, 1.82) is 0 Å². The Morgan fingerprint density at radius 2 is 1.45 bits per heavy atom. The number of amides is 1. The number of halogens is 4. The number of nitrogens with zero attached hydrogens (tertiary/aromatic N) is 1. The van der Waals surface area contributed by atoms with E-state index in [2.05, 4.69) is 5.32 Å². The second kappa shape index (κ2) is 12.4. The molecule has 0 unspecified atom stereocenters. The van der Waals surface area contributed by atoms with Gasteiger partial charge in [-0.1, -0.05) is 13.8 Å². The molecule has 0 fully saturated rings. The molecule has 0 saturated carbocycles. The molecule has 3 N–H and O–H groups in total. The zero-order chi connectivity index (χ0) is 25.2. The van der Waals surface area contributed by atoms with E-state index in [1.165, 1.54) is 30.3 Å². The highest BCUT2D eigenvalue weighted by molar-refractivity contribution is 6.05. The van der Waals surface area contributed by atoms with Crippen molar-refractivity contribution in [1.82, 2.24) is 0 Å². The minimum atomic E-state index is -5.08. The third-order valence-corrected chi connectivity index (χ3v) is 4.16. The first-order valence-electron chi connectivity index (χ1n) is 9.90. The topological polar surface area (TPSA) is 107 Å². The number of benzene rings is 2. The van der Waals surface area contributed by atoms with Gasteiger partial charge < -0.3 is 20.4 Å². The minimum Gasteiger partial charge on any atom is -0.478 e. The Morgan fingerprint density at radius 3 is 1.88 bits per heavy atom. The van der Waals surface area contributed by atoms with E-state index in [-0.39, 0.29) is 5.56 Å². The van der Waals surface area contributed by atoms with E-state index < -0.39 is 29.8 Å². The Balaban J connectivity index is 0.000000675. The van der Waals surface area contributed by atoms with Crippen LogP contribution in [-0.4, -0.2) is 47.3 Å². The molecule has 1 amide bonds. The second-order valence-corrected chi connectivity index (χ2v) is 6.79. The number of aromatic carboxylic acids is 1. The van der Waals surface area contributed by atoms with Gasteiger partial charge in [0, 0.05) is 24.3 Å². The van der Waals surface area contributed by atoms with Crippen LogP contribution in [0.4, 0.5) is 28.9 Å². The SMILES string of the molecule is CCCN(CCC)c1ccc(NC(=O)c2ccc(F)cc2)cc1C(=O)O.O=C(O)C(F)(F)F. The van der Waals surface area contributed by atoms with Gasteiger partial charge in [-0.15, -0.1) is 0 Å². The first-order valence-corrected chi connectivity index (χ1v) is 9.90. The average molecular weight is 472 g/mol. The maximum absolute atomic E-state index is 13.0. The maximum atomic E-state index is 13.0. The van der Waals surface area contributed by atoms with Crippen molar-refractivity contribution in [3.8, 4) is 0 Å². The summed E-state index contributed by atoms with van der Waals surface area (Å²) in [5, 5.41) is 19.4. The summed E-state index contributed by atoms with van der Waals surface area (Å²) in [6, 6.07) is 10.0. The van der Waals surface area contributed by atoms with Crippen molar-refractivity contribution in [3.05, 3.63) is 59.4 Å². The molecule has 7 nitrogen and oxygen atoms in total. The van der Waals surface area contributed by atoms with Gasteiger partial charge >= 0.3 is 18.1 Å². The summed E-state index contributed by atoms with van der Waals surface area (Å²) in [6.07, 6.45) is -3.27. The summed E-state index contributed by atoms with van der Waals surface area (Å²) in [5.41, 5.74) is 1.46. The molecule has 2 aromatic carbocycles. The second-order valence-electron chi connectivity index (χ2n) is 6.79. The molecule has 0 aliphatic heterocycles. The fraction of sp³-hybridized carbons (Fsp3) is 0.318. The first-order chi connectivity index (χ1) is 15.4. The van der Waals surface area contributed by atoms with E-state index in [1.54, 1.807) is 12.1 Å². The Labute approximate surface area is 187 Å². The Kier molecular flexibility index (Phi) is 10.3. The Bertz CT molecular complexity index is 956. The lowest BCUT2D eigenvalue weighted by Gasteiger charge is -2.25. The lowest BCUT2D eigenvalue weighted by molar-refractivity contribution is -0.192. The summed E-state index contributed by atoms with van der Waals surface area (Å²) in [4.78, 5) is 34.9. The summed E-state index contributed by atoms with van der Waals surface area (Å²) in [6.45, 7) is 5.60. The summed E-state index contributed by atoms with van der Waals surface area (Å²) >= 11 is 0. The van der Waals surface area contributed by atoms with E-state index in [0.717, 1.165) is 25.9 Å². The predicted molar refractivity (Wildman–Crippen MR) is 114 cm³/mol. The van der Waals surface area contributed by atoms with Gasteiger partial charge in [0.2, 0.25) is 0 Å². The van der Waals surface area contributed by atoms with Crippen LogP contribution in [0.15, 0.2) is 42.5 Å². The van der Waals surface area contributed by atoms with Crippen molar-refractivity contribution in [2.45, 2.75) is 32.9 Å². The number of nitrogens with one attached hydrogen (secondary N) is 1. The van der Waals surface area contributed by atoms with Crippen LogP contribution in [-0.2, 0) is 4.79 Å². The highest BCUT2D eigenvalue weighted by Gasteiger charge is 2.38. The molecule has 0 saturated heterocycles. The number of alkyl halides is 3. The summed E-state index contributed by atoms with van der Waals surface area (Å²) < 4.78 is 44.7. The number of aliphatic carboxylic acids is 1. The van der Waals surface area contributed by atoms with Gasteiger partial charge in [0.1, 0.15) is 5.82 Å². The predicted octanol–water partition coefficient (Wildman–Crippen LogP) is 5.04. The van der Waals surface area contributed by atoms with Gasteiger partial charge in [-0.3, -0.25) is 4.79 Å². The van der Waals surface area contributed by atoms with Crippen LogP contribution >= 0.6 is 0 Å². The van der Waals surface area contributed by atoms with Crippen molar-refractivity contribution in [2.75, 3.05) is 23.3 Å². The average Bonchev–Trinajstić information content (AvgIpc) is 2.73. The third kappa shape index (κ3) is 8.79. The largest absolute Gasteiger partial charge is 0.490 e. The summed E-state index contributed by atoms with van der Waals surface area (Å²) in [7, 11) is 0. The van der Waals surface area contributed by atoms with Crippen molar-refractivity contribution in [3.63, 3.8) is 0 Å². The van der Waals surface area contributed by atoms with Crippen LogP contribution in [0.2, 0.25) is 0 Å². The van der Waals surface area contributed by atoms with E-state index in [1.807, 2.05) is 18.7 Å². The number of carbonyl (C=O) groups is 3. The van der Waals surface area contributed by atoms with Crippen LogP contribution in [0.25, 0.3) is 0 Å². The lowest BCUT2D eigenvalue weighted by atomic mass is 10.1. The molecule has 33 heavy (non-hydrogen) atoms. The van der Waals surface area contributed by atoms with E-state index in [4.69, 9.17) is 9.90 Å². The van der Waals surface area contributed by atoms with Gasteiger partial charge in [0.05, 0.1) is 11.3 Å². The molecule has 180 valence electrons. The molecule has 0 aromatic heterocycles. The van der Waals surface area contributed by atoms with Crippen molar-refractivity contribution in [2.24, 2.45) is 0 Å². The fourth-order valence-electron chi connectivity index (χ4n) is 2.76. The zero-order valence-electron chi connectivity index (χ0n) is 17.9. The van der Waals surface area contributed by atoms with Gasteiger partial charge in [-0.2, -0.15) is 13.2 Å². The molecule has 0 bridgehead atoms. The first kappa shape index (κ1) is 27.4. The molecule has 2 rings (SSSR count). The van der Waals surface area contributed by atoms with E-state index >= 15 is 0 Å². The smallest absolute Gasteiger partial charge is 0.478 e. The molecule has 0 aliphatic carbocycles. The fourth-order valence-corrected chi connectivity index (χ4v) is 2.76. The van der Waals surface area contributed by atoms with Crippen LogP contribution in [0.5, 0.6) is 0 Å². The molecule has 0 spiro atoms. The lowest BCUT2D eigenvalue weighted by Crippen LogP contribution is -2.27. The monoisotopic (exact) mass is 472 g/mol. The van der Waals surface area contributed by atoms with Crippen molar-refractivity contribution < 1.29 is 42.2 Å². The standard InChI is InChI=1S/C20H23FN2O3.C2HF3O2/c1-3-11-23(12-4-2)18-10-9-16(13-17(18)20(25)26)22-19(24)14-5-7-15(21)8-6-14;3-2(4,5)1(6)7/h5-10,13H,3-4,11-12H2,1-2H3,(H,22,24)(H,25,26);(H,6,7). The Hall–Kier alpha value is -3.63. The number of rotatable bonds is 8. The van der Waals surface area contributed by atoms with Gasteiger partial charge in [0.25, 0.3) is 5.91 Å². The minimum absolute atomic E-state index is 0.142. The zero-order valence-corrected chi connectivity index (χ0v) is 17.9. The number of hydrogen-bond acceptors (Lipinski definition) is 4. The molecular weight excluding hydrogens is 448 g/mol. The number of carboxylic acids is 2. The summed E-state index contributed by atoms with van der Waals surface area (Å²) in [5.74, 6) is -4.65. The number of hydrogen-bond donors (Lipinski definition) is 3. The van der Waals surface area contributed by atoms with Crippen LogP contribution in [0.1, 0.15) is 47.4 Å². The molecule has 0 atom stereocenters. The number of anilines is 2. The van der Waals surface area contributed by atoms with Crippen molar-refractivity contribution >= 4 is 29.2 Å². The highest BCUT2D eigenvalue weighted by atomic mass is 19.4. The van der Waals surface area contributed by atoms with E-state index in [9.17, 15) is 32.3 Å². The van der Waals surface area contributed by atoms with Gasteiger partial charge in [-0.25, -0.2) is 14.0 Å². The van der Waals surface area contributed by atoms with Gasteiger partial charge in [-0.05, 0) is 55.3 Å². The number of carboxylic acid groups (broad SMARTS) is 2. The van der Waals surface area contributed by atoms with Crippen LogP contribution < -0.4 is 10.2 Å². The Morgan fingerprint density at radius 1 is 0.939 bits per heavy atom. The molecular formula is C22H24F4N2O5. The van der Waals surface area contributed by atoms with Gasteiger partial charge in [0.15, 0.2) is 0 Å². The molecule has 0 radical (unpaired) electrons. The quantitative estimate of drug-likeness (QED) is 0.465. The molecule has 0 heterocycles. The normalized spacial score (nSPS) is 10.6. The number of carbonyl (C=O) groups excluding carboxylic acids is 1. The van der Waals surface area contributed by atoms with E-state index in [0.29, 0.717) is 16.9 Å². The molecule has 0 aliphatic rings. The van der Waals surface area contributed by atoms with Crippen LogP contribution in [0.3, 0.4) is 0 Å². The molecule has 2 aromatic rings. The maximum Gasteiger partial charge on any atom is 0.490 e.